The summed E-state index contributed by atoms with van der Waals surface area (Å²) in [5.74, 6) is 0.439. The molecule has 1 heterocycles. The first-order valence-electron chi connectivity index (χ1n) is 11.9. The van der Waals surface area contributed by atoms with Crippen molar-refractivity contribution in [2.45, 2.75) is 44.7 Å². The van der Waals surface area contributed by atoms with Gasteiger partial charge in [0.25, 0.3) is 5.91 Å². The molecule has 6 N–H and O–H groups in total. The van der Waals surface area contributed by atoms with Crippen molar-refractivity contribution in [3.63, 3.8) is 0 Å². The molecule has 1 aliphatic carbocycles. The number of aromatic nitrogens is 2. The molecule has 1 fully saturated rings. The second kappa shape index (κ2) is 9.58. The number of aliphatic imine (C=N–C) groups is 1. The molecule has 2 atom stereocenters. The van der Waals surface area contributed by atoms with Gasteiger partial charge in [0.2, 0.25) is 5.82 Å². The van der Waals surface area contributed by atoms with Gasteiger partial charge in [0, 0.05) is 16.5 Å². The lowest BCUT2D eigenvalue weighted by molar-refractivity contribution is 0.101. The van der Waals surface area contributed by atoms with Gasteiger partial charge in [-0.3, -0.25) is 4.79 Å². The van der Waals surface area contributed by atoms with E-state index in [-0.39, 0.29) is 29.8 Å². The minimum Gasteiger partial charge on any atom is -0.370 e. The van der Waals surface area contributed by atoms with Crippen LogP contribution in [0.5, 0.6) is 0 Å². The molecule has 1 saturated carbocycles. The molecule has 178 valence electrons. The van der Waals surface area contributed by atoms with Gasteiger partial charge in [-0.25, -0.2) is 15.0 Å². The molecule has 1 amide bonds. The number of fused-ring (bicyclic) bond motifs is 2. The smallest absolute Gasteiger partial charge is 0.293 e. The van der Waals surface area contributed by atoms with E-state index in [9.17, 15) is 4.79 Å². The molecule has 1 aliphatic rings. The van der Waals surface area contributed by atoms with Gasteiger partial charge in [-0.1, -0.05) is 60.9 Å². The fourth-order valence-electron chi connectivity index (χ4n) is 4.77. The largest absolute Gasteiger partial charge is 0.370 e. The Hall–Kier alpha value is -4.20. The molecular formula is C27H29N7O. The highest BCUT2D eigenvalue weighted by Gasteiger charge is 2.26. The Morgan fingerprint density at radius 1 is 0.971 bits per heavy atom. The quantitative estimate of drug-likeness (QED) is 0.255. The molecule has 4 aromatic rings. The van der Waals surface area contributed by atoms with Crippen LogP contribution in [0.3, 0.4) is 0 Å². The third kappa shape index (κ3) is 4.87. The van der Waals surface area contributed by atoms with E-state index in [1.54, 1.807) is 0 Å². The molecule has 2 unspecified atom stereocenters. The number of nitrogens with zero attached hydrogens (tertiary/aromatic N) is 3. The monoisotopic (exact) mass is 467 g/mol. The first kappa shape index (κ1) is 22.6. The zero-order valence-corrected chi connectivity index (χ0v) is 19.7. The Morgan fingerprint density at radius 3 is 2.63 bits per heavy atom. The number of nitrogens with one attached hydrogen (secondary N) is 2. The first-order chi connectivity index (χ1) is 17.0. The maximum absolute atomic E-state index is 13.3. The van der Waals surface area contributed by atoms with Gasteiger partial charge >= 0.3 is 0 Å². The van der Waals surface area contributed by atoms with E-state index in [0.717, 1.165) is 53.1 Å². The molecule has 5 rings (SSSR count). The molecule has 0 spiro atoms. The fourth-order valence-corrected chi connectivity index (χ4v) is 4.77. The lowest BCUT2D eigenvalue weighted by Gasteiger charge is -2.30. The highest BCUT2D eigenvalue weighted by atomic mass is 16.2. The first-order valence-corrected chi connectivity index (χ1v) is 11.9. The number of hydrogen-bond acceptors (Lipinski definition) is 5. The Bertz CT molecular complexity index is 1420. The number of amides is 1. The van der Waals surface area contributed by atoms with Crippen LogP contribution in [0, 0.1) is 6.92 Å². The average Bonchev–Trinajstić information content (AvgIpc) is 2.85. The summed E-state index contributed by atoms with van der Waals surface area (Å²) in [6, 6.07) is 19.6. The second-order valence-electron chi connectivity index (χ2n) is 9.05. The van der Waals surface area contributed by atoms with Gasteiger partial charge in [-0.05, 0) is 43.4 Å². The van der Waals surface area contributed by atoms with Crippen LogP contribution >= 0.6 is 0 Å². The van der Waals surface area contributed by atoms with Crippen molar-refractivity contribution in [2.75, 3.05) is 10.6 Å². The standard InChI is InChI=1S/C27H29N7O/c1-16-13-14-21-19(15-16)24(31-22-10-4-5-11-23(22)33-27(28)29)34-25(30-21)26(35)32-20-12-6-8-17-7-2-3-9-18(17)20/h2-3,6-9,12-15,22-23H,4-5,10-11H2,1H3,(H,32,35)(H4,28,29,33)(H,30,31,34). The average molecular weight is 468 g/mol. The number of aryl methyl sites for hydroxylation is 1. The van der Waals surface area contributed by atoms with Gasteiger partial charge in [0.15, 0.2) is 5.96 Å². The van der Waals surface area contributed by atoms with Gasteiger partial charge in [0.05, 0.1) is 17.6 Å². The molecule has 0 saturated heterocycles. The Labute approximate surface area is 203 Å². The highest BCUT2D eigenvalue weighted by Crippen LogP contribution is 2.29. The van der Waals surface area contributed by atoms with Gasteiger partial charge in [-0.2, -0.15) is 0 Å². The number of guanidine groups is 1. The fraction of sp³-hybridized carbons (Fsp3) is 0.259. The van der Waals surface area contributed by atoms with Gasteiger partial charge in [0.1, 0.15) is 5.82 Å². The van der Waals surface area contributed by atoms with Crippen LogP contribution in [0.2, 0.25) is 0 Å². The molecule has 0 aliphatic heterocycles. The SMILES string of the molecule is Cc1ccc2nc(C(=O)Nc3cccc4ccccc34)nc(NC3CCCCC3N=C(N)N)c2c1. The van der Waals surface area contributed by atoms with Crippen molar-refractivity contribution < 1.29 is 4.79 Å². The van der Waals surface area contributed by atoms with Gasteiger partial charge < -0.3 is 22.1 Å². The maximum atomic E-state index is 13.3. The number of carbonyl (C=O) groups is 1. The van der Waals surface area contributed by atoms with Crippen molar-refractivity contribution >= 4 is 45.0 Å². The number of hydrogen-bond donors (Lipinski definition) is 4. The molecule has 8 nitrogen and oxygen atoms in total. The normalized spacial score (nSPS) is 17.7. The summed E-state index contributed by atoms with van der Waals surface area (Å²) in [5, 5.41) is 9.41. The van der Waals surface area contributed by atoms with E-state index < -0.39 is 0 Å². The molecule has 35 heavy (non-hydrogen) atoms. The van der Waals surface area contributed by atoms with E-state index in [0.29, 0.717) is 11.3 Å². The number of nitrogens with two attached hydrogens (primary N) is 2. The van der Waals surface area contributed by atoms with Crippen LogP contribution in [0.4, 0.5) is 11.5 Å². The maximum Gasteiger partial charge on any atom is 0.293 e. The summed E-state index contributed by atoms with van der Waals surface area (Å²) in [6.07, 6.45) is 3.95. The van der Waals surface area contributed by atoms with E-state index >= 15 is 0 Å². The molecule has 3 aromatic carbocycles. The third-order valence-corrected chi connectivity index (χ3v) is 6.46. The Balaban J connectivity index is 1.51. The molecule has 8 heteroatoms. The molecular weight excluding hydrogens is 438 g/mol. The van der Waals surface area contributed by atoms with E-state index in [1.165, 1.54) is 0 Å². The zero-order chi connectivity index (χ0) is 24.4. The van der Waals surface area contributed by atoms with Crippen molar-refractivity contribution in [3.8, 4) is 0 Å². The Kier molecular flexibility index (Phi) is 6.18. The van der Waals surface area contributed by atoms with Crippen molar-refractivity contribution in [1.29, 1.82) is 0 Å². The topological polar surface area (TPSA) is 131 Å². The summed E-state index contributed by atoms with van der Waals surface area (Å²) in [5.41, 5.74) is 13.9. The number of benzene rings is 3. The number of anilines is 2. The van der Waals surface area contributed by atoms with E-state index in [1.807, 2.05) is 67.6 Å². The minimum atomic E-state index is -0.365. The highest BCUT2D eigenvalue weighted by molar-refractivity contribution is 6.08. The lowest BCUT2D eigenvalue weighted by atomic mass is 9.90. The summed E-state index contributed by atoms with van der Waals surface area (Å²) in [6.45, 7) is 2.02. The van der Waals surface area contributed by atoms with Crippen molar-refractivity contribution in [2.24, 2.45) is 16.5 Å². The van der Waals surface area contributed by atoms with Crippen molar-refractivity contribution in [3.05, 3.63) is 72.1 Å². The van der Waals surface area contributed by atoms with Crippen LogP contribution in [-0.2, 0) is 0 Å². The molecule has 0 radical (unpaired) electrons. The summed E-state index contributed by atoms with van der Waals surface area (Å²) in [7, 11) is 0. The van der Waals surface area contributed by atoms with Crippen LogP contribution in [0.25, 0.3) is 21.7 Å². The summed E-state index contributed by atoms with van der Waals surface area (Å²) < 4.78 is 0. The minimum absolute atomic E-state index is 0.0124. The lowest BCUT2D eigenvalue weighted by Crippen LogP contribution is -2.38. The predicted molar refractivity (Wildman–Crippen MR) is 142 cm³/mol. The zero-order valence-electron chi connectivity index (χ0n) is 19.7. The molecule has 0 bridgehead atoms. The summed E-state index contributed by atoms with van der Waals surface area (Å²) >= 11 is 0. The molecule has 1 aromatic heterocycles. The van der Waals surface area contributed by atoms with E-state index in [2.05, 4.69) is 25.6 Å². The van der Waals surface area contributed by atoms with E-state index in [4.69, 9.17) is 11.5 Å². The third-order valence-electron chi connectivity index (χ3n) is 6.46. The summed E-state index contributed by atoms with van der Waals surface area (Å²) in [4.78, 5) is 27.0. The predicted octanol–water partition coefficient (Wildman–Crippen LogP) is 4.34. The van der Waals surface area contributed by atoms with Crippen molar-refractivity contribution in [1.82, 2.24) is 9.97 Å². The second-order valence-corrected chi connectivity index (χ2v) is 9.05. The van der Waals surface area contributed by atoms with Crippen LogP contribution < -0.4 is 22.1 Å². The number of rotatable bonds is 5. The Morgan fingerprint density at radius 2 is 1.77 bits per heavy atom. The van der Waals surface area contributed by atoms with Crippen LogP contribution in [0.1, 0.15) is 41.9 Å². The van der Waals surface area contributed by atoms with Gasteiger partial charge in [-0.15, -0.1) is 0 Å². The van der Waals surface area contributed by atoms with Crippen LogP contribution in [0.15, 0.2) is 65.7 Å². The van der Waals surface area contributed by atoms with Crippen LogP contribution in [-0.4, -0.2) is 33.9 Å². The number of carbonyl (C=O) groups excluding carboxylic acids is 1.